The zero-order valence-corrected chi connectivity index (χ0v) is 14.1. The summed E-state index contributed by atoms with van der Waals surface area (Å²) in [6.45, 7) is 1.88. The Labute approximate surface area is 132 Å². The minimum Gasteiger partial charge on any atom is -0.468 e. The molecular formula is C12H22N2O5S2. The van der Waals surface area contributed by atoms with Crippen molar-refractivity contribution in [2.24, 2.45) is 5.73 Å². The minimum absolute atomic E-state index is 0.190. The van der Waals surface area contributed by atoms with E-state index < -0.39 is 24.0 Å². The predicted molar refractivity (Wildman–Crippen MR) is 83.8 cm³/mol. The van der Waals surface area contributed by atoms with Crippen molar-refractivity contribution in [2.75, 3.05) is 25.7 Å². The maximum Gasteiger partial charge on any atom is 0.329 e. The van der Waals surface area contributed by atoms with Crippen LogP contribution >= 0.6 is 21.6 Å². The third-order valence-corrected chi connectivity index (χ3v) is 4.82. The second-order valence-electron chi connectivity index (χ2n) is 4.09. The van der Waals surface area contributed by atoms with Gasteiger partial charge < -0.3 is 20.5 Å². The first-order valence-corrected chi connectivity index (χ1v) is 8.90. The molecule has 9 heteroatoms. The van der Waals surface area contributed by atoms with Crippen molar-refractivity contribution in [3.05, 3.63) is 0 Å². The summed E-state index contributed by atoms with van der Waals surface area (Å²) in [5.74, 6) is -0.479. The molecule has 0 radical (unpaired) electrons. The monoisotopic (exact) mass is 338 g/mol. The second-order valence-corrected chi connectivity index (χ2v) is 6.64. The average Bonchev–Trinajstić information content (AvgIpc) is 2.48. The summed E-state index contributed by atoms with van der Waals surface area (Å²) in [7, 11) is 5.21. The molecule has 0 aromatic heterocycles. The molecule has 0 aliphatic carbocycles. The van der Waals surface area contributed by atoms with Crippen molar-refractivity contribution in [1.82, 2.24) is 5.32 Å². The number of rotatable bonds is 10. The first-order valence-electron chi connectivity index (χ1n) is 6.41. The highest BCUT2D eigenvalue weighted by molar-refractivity contribution is 8.76. The topological polar surface area (TPSA) is 108 Å². The molecule has 0 aromatic rings. The number of methoxy groups -OCH3 is 2. The molecule has 0 rings (SSSR count). The van der Waals surface area contributed by atoms with Gasteiger partial charge in [0.05, 0.1) is 14.2 Å². The lowest BCUT2D eigenvalue weighted by molar-refractivity contribution is -0.144. The molecule has 0 bridgehead atoms. The Balaban J connectivity index is 4.16. The number of carbonyl (C=O) groups excluding carboxylic acids is 3. The average molecular weight is 338 g/mol. The van der Waals surface area contributed by atoms with Crippen LogP contribution in [0.2, 0.25) is 0 Å². The van der Waals surface area contributed by atoms with Crippen LogP contribution in [0.15, 0.2) is 0 Å². The second kappa shape index (κ2) is 11.7. The van der Waals surface area contributed by atoms with Crippen LogP contribution in [-0.4, -0.2) is 55.7 Å². The molecule has 0 aromatic carbocycles. The number of amides is 1. The quantitative estimate of drug-likeness (QED) is 0.333. The highest BCUT2D eigenvalue weighted by atomic mass is 33.1. The summed E-state index contributed by atoms with van der Waals surface area (Å²) in [6, 6.07) is -1.42. The summed E-state index contributed by atoms with van der Waals surface area (Å²) in [5.41, 5.74) is 5.58. The van der Waals surface area contributed by atoms with Gasteiger partial charge in [-0.15, -0.1) is 0 Å². The van der Waals surface area contributed by atoms with E-state index in [1.165, 1.54) is 35.8 Å². The molecule has 0 saturated heterocycles. The zero-order valence-electron chi connectivity index (χ0n) is 12.4. The van der Waals surface area contributed by atoms with Crippen molar-refractivity contribution in [3.63, 3.8) is 0 Å². The van der Waals surface area contributed by atoms with Crippen LogP contribution in [0.5, 0.6) is 0 Å². The molecule has 1 unspecified atom stereocenters. The van der Waals surface area contributed by atoms with E-state index in [4.69, 9.17) is 5.73 Å². The normalized spacial score (nSPS) is 13.1. The largest absolute Gasteiger partial charge is 0.468 e. The van der Waals surface area contributed by atoms with Gasteiger partial charge >= 0.3 is 11.9 Å². The molecule has 0 fully saturated rings. The highest BCUT2D eigenvalue weighted by Gasteiger charge is 2.22. The van der Waals surface area contributed by atoms with Gasteiger partial charge in [0.15, 0.2) is 0 Å². The lowest BCUT2D eigenvalue weighted by Crippen LogP contribution is -2.43. The number of hydrogen-bond donors (Lipinski definition) is 2. The van der Waals surface area contributed by atoms with Gasteiger partial charge in [-0.3, -0.25) is 9.59 Å². The van der Waals surface area contributed by atoms with Crippen molar-refractivity contribution in [2.45, 2.75) is 31.8 Å². The molecule has 3 N–H and O–H groups in total. The zero-order chi connectivity index (χ0) is 16.3. The lowest BCUT2D eigenvalue weighted by atomic mass is 10.3. The fourth-order valence-corrected chi connectivity index (χ4v) is 3.52. The summed E-state index contributed by atoms with van der Waals surface area (Å²) < 4.78 is 9.16. The van der Waals surface area contributed by atoms with Crippen molar-refractivity contribution in [1.29, 1.82) is 0 Å². The molecule has 7 nitrogen and oxygen atoms in total. The summed E-state index contributed by atoms with van der Waals surface area (Å²) in [6.07, 6.45) is 1.06. The summed E-state index contributed by atoms with van der Waals surface area (Å²) in [5, 5.41) is 2.62. The third kappa shape index (κ3) is 8.84. The lowest BCUT2D eigenvalue weighted by Gasteiger charge is -2.16. The van der Waals surface area contributed by atoms with Crippen LogP contribution in [0.25, 0.3) is 0 Å². The molecule has 1 amide bonds. The Morgan fingerprint density at radius 1 is 1.10 bits per heavy atom. The van der Waals surface area contributed by atoms with E-state index in [9.17, 15) is 14.4 Å². The maximum absolute atomic E-state index is 11.6. The standard InChI is InChI=1S/C12H22N2O5S2/c1-4-5-10(15)14-9(12(17)19-3)7-21-20-6-8(13)11(16)18-2/h8-9H,4-7,13H2,1-3H3,(H,14,15)/t8?,9-/m0/s1. The van der Waals surface area contributed by atoms with Crippen molar-refractivity contribution in [3.8, 4) is 0 Å². The molecule has 0 aliphatic heterocycles. The van der Waals surface area contributed by atoms with Crippen LogP contribution in [0.1, 0.15) is 19.8 Å². The molecule has 0 saturated carbocycles. The molecule has 2 atom stereocenters. The molecule has 21 heavy (non-hydrogen) atoms. The van der Waals surface area contributed by atoms with Gasteiger partial charge in [-0.25, -0.2) is 4.79 Å². The van der Waals surface area contributed by atoms with Gasteiger partial charge in [0, 0.05) is 17.9 Å². The smallest absolute Gasteiger partial charge is 0.329 e. The number of ether oxygens (including phenoxy) is 2. The van der Waals surface area contributed by atoms with Gasteiger partial charge in [0.1, 0.15) is 12.1 Å². The van der Waals surface area contributed by atoms with Gasteiger partial charge in [-0.1, -0.05) is 28.5 Å². The van der Waals surface area contributed by atoms with E-state index in [0.29, 0.717) is 24.3 Å². The van der Waals surface area contributed by atoms with Crippen LogP contribution in [0, 0.1) is 0 Å². The van der Waals surface area contributed by atoms with Gasteiger partial charge in [0.2, 0.25) is 5.91 Å². The van der Waals surface area contributed by atoms with Gasteiger partial charge in [-0.2, -0.15) is 0 Å². The number of nitrogens with one attached hydrogen (secondary N) is 1. The van der Waals surface area contributed by atoms with E-state index in [1.54, 1.807) is 0 Å². The number of nitrogens with two attached hydrogens (primary N) is 1. The number of hydrogen-bond acceptors (Lipinski definition) is 8. The highest BCUT2D eigenvalue weighted by Crippen LogP contribution is 2.23. The Morgan fingerprint density at radius 3 is 2.19 bits per heavy atom. The van der Waals surface area contributed by atoms with Gasteiger partial charge in [0.25, 0.3) is 0 Å². The number of carbonyl (C=O) groups is 3. The fraction of sp³-hybridized carbons (Fsp3) is 0.750. The Kier molecular flexibility index (Phi) is 11.2. The SMILES string of the molecule is CCCC(=O)N[C@@H](CSSCC(N)C(=O)OC)C(=O)OC. The Bertz CT molecular complexity index is 355. The molecular weight excluding hydrogens is 316 g/mol. The van der Waals surface area contributed by atoms with Crippen molar-refractivity contribution < 1.29 is 23.9 Å². The molecule has 0 heterocycles. The van der Waals surface area contributed by atoms with E-state index in [1.807, 2.05) is 6.92 Å². The van der Waals surface area contributed by atoms with E-state index in [2.05, 4.69) is 14.8 Å². The van der Waals surface area contributed by atoms with Crippen LogP contribution in [0.4, 0.5) is 0 Å². The maximum atomic E-state index is 11.6. The first-order chi connectivity index (χ1) is 9.96. The summed E-state index contributed by atoms with van der Waals surface area (Å²) >= 11 is 0. The van der Waals surface area contributed by atoms with Crippen LogP contribution in [0.3, 0.4) is 0 Å². The fourth-order valence-electron chi connectivity index (χ4n) is 1.26. The molecule has 0 spiro atoms. The minimum atomic E-state index is -0.709. The van der Waals surface area contributed by atoms with Gasteiger partial charge in [-0.05, 0) is 6.42 Å². The number of esters is 2. The van der Waals surface area contributed by atoms with Crippen LogP contribution < -0.4 is 11.1 Å². The Morgan fingerprint density at radius 2 is 1.67 bits per heavy atom. The van der Waals surface area contributed by atoms with Crippen molar-refractivity contribution >= 4 is 39.4 Å². The van der Waals surface area contributed by atoms with Crippen LogP contribution in [-0.2, 0) is 23.9 Å². The van der Waals surface area contributed by atoms with E-state index in [-0.39, 0.29) is 5.91 Å². The van der Waals surface area contributed by atoms with E-state index >= 15 is 0 Å². The Hall–Kier alpha value is -0.930. The molecule has 0 aliphatic rings. The first kappa shape index (κ1) is 20.1. The van der Waals surface area contributed by atoms with E-state index in [0.717, 1.165) is 0 Å². The molecule has 122 valence electrons. The third-order valence-electron chi connectivity index (χ3n) is 2.37. The predicted octanol–water partition coefficient (Wildman–Crippen LogP) is 0.326. The summed E-state index contributed by atoms with van der Waals surface area (Å²) in [4.78, 5) is 34.2.